The van der Waals surface area contributed by atoms with Crippen LogP contribution in [0, 0.1) is 6.92 Å². The molecule has 2 aromatic heterocycles. The maximum atomic E-state index is 13.0. The van der Waals surface area contributed by atoms with E-state index >= 15 is 0 Å². The minimum Gasteiger partial charge on any atom is -0.497 e. The molecule has 1 fully saturated rings. The van der Waals surface area contributed by atoms with Gasteiger partial charge in [-0.15, -0.1) is 0 Å². The largest absolute Gasteiger partial charge is 0.497 e. The Kier molecular flexibility index (Phi) is 4.46. The zero-order valence-corrected chi connectivity index (χ0v) is 15.2. The number of methoxy groups -OCH3 is 1. The Bertz CT molecular complexity index is 968. The number of ether oxygens (including phenoxy) is 1. The van der Waals surface area contributed by atoms with Gasteiger partial charge in [0.05, 0.1) is 25.7 Å². The number of aromatic nitrogens is 4. The minimum absolute atomic E-state index is 0.0949. The van der Waals surface area contributed by atoms with Crippen molar-refractivity contribution in [2.75, 3.05) is 20.2 Å². The Morgan fingerprint density at radius 2 is 1.85 bits per heavy atom. The molecule has 3 heterocycles. The Labute approximate surface area is 151 Å². The summed E-state index contributed by atoms with van der Waals surface area (Å²) in [6.45, 7) is 4.68. The molecule has 3 aromatic rings. The molecule has 7 nitrogen and oxygen atoms in total. The molecule has 0 bridgehead atoms. The number of hydrogen-bond donors (Lipinski definition) is 0. The molecule has 1 aliphatic rings. The Morgan fingerprint density at radius 1 is 1.12 bits per heavy atom. The average Bonchev–Trinajstić information content (AvgIpc) is 3.06. The second kappa shape index (κ2) is 6.92. The predicted molar refractivity (Wildman–Crippen MR) is 99.8 cm³/mol. The molecular formula is C19H23N5O2. The van der Waals surface area contributed by atoms with E-state index < -0.39 is 0 Å². The van der Waals surface area contributed by atoms with Crippen molar-refractivity contribution in [2.45, 2.75) is 32.9 Å². The normalized spacial score (nSPS) is 15.5. The van der Waals surface area contributed by atoms with Gasteiger partial charge in [0.15, 0.2) is 5.65 Å². The van der Waals surface area contributed by atoms with Gasteiger partial charge in [-0.3, -0.25) is 14.3 Å². The molecule has 7 heteroatoms. The summed E-state index contributed by atoms with van der Waals surface area (Å²) < 4.78 is 8.65. The van der Waals surface area contributed by atoms with Crippen LogP contribution in [-0.2, 0) is 6.67 Å². The van der Waals surface area contributed by atoms with Gasteiger partial charge in [-0.05, 0) is 57.1 Å². The average molecular weight is 353 g/mol. The van der Waals surface area contributed by atoms with E-state index in [1.165, 1.54) is 19.3 Å². The third kappa shape index (κ3) is 2.99. The van der Waals surface area contributed by atoms with Gasteiger partial charge in [0, 0.05) is 0 Å². The van der Waals surface area contributed by atoms with E-state index in [4.69, 9.17) is 4.74 Å². The monoisotopic (exact) mass is 353 g/mol. The first-order chi connectivity index (χ1) is 12.7. The van der Waals surface area contributed by atoms with E-state index in [0.29, 0.717) is 23.5 Å². The smallest absolute Gasteiger partial charge is 0.269 e. The first-order valence-electron chi connectivity index (χ1n) is 8.99. The molecule has 1 aliphatic heterocycles. The number of benzene rings is 1. The second-order valence-electron chi connectivity index (χ2n) is 6.70. The summed E-state index contributed by atoms with van der Waals surface area (Å²) in [5.41, 5.74) is 1.33. The molecule has 26 heavy (non-hydrogen) atoms. The summed E-state index contributed by atoms with van der Waals surface area (Å²) in [6.07, 6.45) is 5.36. The summed E-state index contributed by atoms with van der Waals surface area (Å²) in [5.74, 6) is 1.40. The Balaban J connectivity index is 1.73. The maximum Gasteiger partial charge on any atom is 0.269 e. The number of fused-ring (bicyclic) bond motifs is 1. The van der Waals surface area contributed by atoms with Crippen molar-refractivity contribution in [1.29, 1.82) is 0 Å². The fourth-order valence-electron chi connectivity index (χ4n) is 3.55. The zero-order valence-electron chi connectivity index (χ0n) is 15.2. The third-order valence-electron chi connectivity index (χ3n) is 4.95. The standard InChI is InChI=1S/C19H23N5O2/c1-14-21-18-17(12-20-23(18)13-22-10-4-3-5-11-22)19(25)24(14)15-6-8-16(26-2)9-7-15/h6-9,12H,3-5,10-11,13H2,1-2H3. The number of aryl methyl sites for hydroxylation is 1. The summed E-state index contributed by atoms with van der Waals surface area (Å²) in [4.78, 5) is 20.1. The molecule has 136 valence electrons. The highest BCUT2D eigenvalue weighted by Gasteiger charge is 2.17. The van der Waals surface area contributed by atoms with Gasteiger partial charge in [0.1, 0.15) is 17.0 Å². The van der Waals surface area contributed by atoms with Gasteiger partial charge in [-0.2, -0.15) is 5.10 Å². The van der Waals surface area contributed by atoms with Gasteiger partial charge in [0.25, 0.3) is 5.56 Å². The summed E-state index contributed by atoms with van der Waals surface area (Å²) in [5, 5.41) is 4.98. The molecule has 0 N–H and O–H groups in total. The van der Waals surface area contributed by atoms with Crippen molar-refractivity contribution in [2.24, 2.45) is 0 Å². The number of likely N-dealkylation sites (tertiary alicyclic amines) is 1. The molecule has 0 saturated carbocycles. The molecule has 0 spiro atoms. The second-order valence-corrected chi connectivity index (χ2v) is 6.70. The highest BCUT2D eigenvalue weighted by Crippen LogP contribution is 2.17. The van der Waals surface area contributed by atoms with Crippen LogP contribution in [0.3, 0.4) is 0 Å². The first-order valence-corrected chi connectivity index (χ1v) is 8.99. The highest BCUT2D eigenvalue weighted by atomic mass is 16.5. The summed E-state index contributed by atoms with van der Waals surface area (Å²) in [7, 11) is 1.62. The number of piperidine rings is 1. The lowest BCUT2D eigenvalue weighted by atomic mass is 10.1. The third-order valence-corrected chi connectivity index (χ3v) is 4.95. The van der Waals surface area contributed by atoms with Crippen LogP contribution in [-0.4, -0.2) is 44.4 Å². The number of rotatable bonds is 4. The molecule has 4 rings (SSSR count). The lowest BCUT2D eigenvalue weighted by molar-refractivity contribution is 0.176. The van der Waals surface area contributed by atoms with Crippen molar-refractivity contribution in [3.05, 3.63) is 46.6 Å². The van der Waals surface area contributed by atoms with Crippen LogP contribution >= 0.6 is 0 Å². The van der Waals surface area contributed by atoms with Gasteiger partial charge >= 0.3 is 0 Å². The summed E-state index contributed by atoms with van der Waals surface area (Å²) >= 11 is 0. The molecule has 0 radical (unpaired) electrons. The van der Waals surface area contributed by atoms with Crippen LogP contribution in [0.15, 0.2) is 35.3 Å². The van der Waals surface area contributed by atoms with Crippen LogP contribution in [0.4, 0.5) is 0 Å². The minimum atomic E-state index is -0.0949. The van der Waals surface area contributed by atoms with Gasteiger partial charge in [-0.25, -0.2) is 9.67 Å². The van der Waals surface area contributed by atoms with Crippen LogP contribution in [0.25, 0.3) is 16.7 Å². The van der Waals surface area contributed by atoms with Gasteiger partial charge in [-0.1, -0.05) is 6.42 Å². The first kappa shape index (κ1) is 16.8. The van der Waals surface area contributed by atoms with E-state index in [1.54, 1.807) is 17.9 Å². The Hall–Kier alpha value is -2.67. The lowest BCUT2D eigenvalue weighted by Crippen LogP contribution is -2.32. The fraction of sp³-hybridized carbons (Fsp3) is 0.421. The Morgan fingerprint density at radius 3 is 2.54 bits per heavy atom. The molecule has 0 aliphatic carbocycles. The van der Waals surface area contributed by atoms with Gasteiger partial charge in [0.2, 0.25) is 0 Å². The van der Waals surface area contributed by atoms with Crippen molar-refractivity contribution in [3.8, 4) is 11.4 Å². The molecule has 1 saturated heterocycles. The van der Waals surface area contributed by atoms with Crippen molar-refractivity contribution < 1.29 is 4.74 Å². The number of nitrogens with zero attached hydrogens (tertiary/aromatic N) is 5. The van der Waals surface area contributed by atoms with Crippen molar-refractivity contribution >= 4 is 11.0 Å². The van der Waals surface area contributed by atoms with Crippen LogP contribution in [0.5, 0.6) is 5.75 Å². The van der Waals surface area contributed by atoms with E-state index in [2.05, 4.69) is 15.0 Å². The SMILES string of the molecule is COc1ccc(-n2c(C)nc3c(cnn3CN3CCCCC3)c2=O)cc1. The quantitative estimate of drug-likeness (QED) is 0.720. The van der Waals surface area contributed by atoms with E-state index in [9.17, 15) is 4.79 Å². The fourth-order valence-corrected chi connectivity index (χ4v) is 3.55. The molecular weight excluding hydrogens is 330 g/mol. The van der Waals surface area contributed by atoms with Crippen LogP contribution in [0.1, 0.15) is 25.1 Å². The van der Waals surface area contributed by atoms with E-state index in [1.807, 2.05) is 35.9 Å². The topological polar surface area (TPSA) is 65.2 Å². The molecule has 0 amide bonds. The van der Waals surface area contributed by atoms with E-state index in [0.717, 1.165) is 24.5 Å². The number of hydrogen-bond acceptors (Lipinski definition) is 5. The maximum absolute atomic E-state index is 13.0. The zero-order chi connectivity index (χ0) is 18.1. The van der Waals surface area contributed by atoms with Crippen molar-refractivity contribution in [3.63, 3.8) is 0 Å². The van der Waals surface area contributed by atoms with Gasteiger partial charge < -0.3 is 4.74 Å². The highest BCUT2D eigenvalue weighted by molar-refractivity contribution is 5.73. The molecule has 0 atom stereocenters. The lowest BCUT2D eigenvalue weighted by Gasteiger charge is -2.26. The van der Waals surface area contributed by atoms with Crippen LogP contribution < -0.4 is 10.3 Å². The van der Waals surface area contributed by atoms with Crippen LogP contribution in [0.2, 0.25) is 0 Å². The summed E-state index contributed by atoms with van der Waals surface area (Å²) in [6, 6.07) is 7.40. The molecule has 1 aromatic carbocycles. The van der Waals surface area contributed by atoms with E-state index in [-0.39, 0.29) is 5.56 Å². The van der Waals surface area contributed by atoms with Crippen molar-refractivity contribution in [1.82, 2.24) is 24.2 Å². The molecule has 0 unspecified atom stereocenters. The predicted octanol–water partition coefficient (Wildman–Crippen LogP) is 2.34.